The molecule has 0 bridgehead atoms. The number of thioether (sulfide) groups is 1. The maximum Gasteiger partial charge on any atom is 0.242 e. The third-order valence-electron chi connectivity index (χ3n) is 5.00. The summed E-state index contributed by atoms with van der Waals surface area (Å²) in [5, 5.41) is 3.84. The van der Waals surface area contributed by atoms with Gasteiger partial charge in [-0.25, -0.2) is 0 Å². The van der Waals surface area contributed by atoms with Gasteiger partial charge < -0.3 is 5.32 Å². The number of amides is 1. The Kier molecular flexibility index (Phi) is 4.83. The average molecular weight is 296 g/mol. The number of amidine groups is 1. The Morgan fingerprint density at radius 3 is 2.70 bits per heavy atom. The van der Waals surface area contributed by atoms with Gasteiger partial charge in [-0.15, -0.1) is 0 Å². The molecule has 1 saturated heterocycles. The molecule has 0 radical (unpaired) electrons. The minimum Gasteiger partial charge on any atom is -0.304 e. The molecule has 1 heterocycles. The second kappa shape index (κ2) is 6.08. The van der Waals surface area contributed by atoms with Crippen LogP contribution < -0.4 is 5.32 Å². The fraction of sp³-hybridized carbons (Fsp3) is 0.875. The molecule has 2 rings (SSSR count). The van der Waals surface area contributed by atoms with Gasteiger partial charge in [-0.1, -0.05) is 52.3 Å². The zero-order chi connectivity index (χ0) is 14.9. The van der Waals surface area contributed by atoms with E-state index in [2.05, 4.69) is 33.0 Å². The van der Waals surface area contributed by atoms with E-state index in [9.17, 15) is 4.79 Å². The van der Waals surface area contributed by atoms with E-state index in [1.54, 1.807) is 11.8 Å². The van der Waals surface area contributed by atoms with Crippen molar-refractivity contribution >= 4 is 22.8 Å². The Balaban J connectivity index is 2.04. The molecule has 1 saturated carbocycles. The van der Waals surface area contributed by atoms with E-state index >= 15 is 0 Å². The fourth-order valence-corrected chi connectivity index (χ4v) is 4.37. The summed E-state index contributed by atoms with van der Waals surface area (Å²) >= 11 is 1.62. The largest absolute Gasteiger partial charge is 0.304 e. The smallest absolute Gasteiger partial charge is 0.242 e. The van der Waals surface area contributed by atoms with Crippen LogP contribution in [0.1, 0.15) is 60.3 Å². The average Bonchev–Trinajstić information content (AvgIpc) is 2.83. The molecule has 114 valence electrons. The second-order valence-corrected chi connectivity index (χ2v) is 8.36. The Morgan fingerprint density at radius 2 is 2.15 bits per heavy atom. The van der Waals surface area contributed by atoms with Crippen LogP contribution in [0.15, 0.2) is 4.99 Å². The topological polar surface area (TPSA) is 41.5 Å². The lowest BCUT2D eigenvalue weighted by molar-refractivity contribution is -0.122. The summed E-state index contributed by atoms with van der Waals surface area (Å²) in [5.74, 6) is 1.89. The van der Waals surface area contributed by atoms with Crippen LogP contribution in [0.25, 0.3) is 0 Å². The van der Waals surface area contributed by atoms with Crippen molar-refractivity contribution in [2.45, 2.75) is 71.1 Å². The normalized spacial score (nSPS) is 39.8. The van der Waals surface area contributed by atoms with Crippen LogP contribution in [0, 0.1) is 17.8 Å². The number of nitrogens with one attached hydrogen (secondary N) is 1. The van der Waals surface area contributed by atoms with E-state index in [1.165, 1.54) is 25.7 Å². The van der Waals surface area contributed by atoms with E-state index in [0.29, 0.717) is 17.9 Å². The number of rotatable bonds is 4. The predicted molar refractivity (Wildman–Crippen MR) is 87.0 cm³/mol. The zero-order valence-electron chi connectivity index (χ0n) is 13.4. The molecule has 3 nitrogen and oxygen atoms in total. The summed E-state index contributed by atoms with van der Waals surface area (Å²) in [4.78, 5) is 17.0. The van der Waals surface area contributed by atoms with Crippen molar-refractivity contribution in [3.63, 3.8) is 0 Å². The van der Waals surface area contributed by atoms with Crippen LogP contribution in [-0.4, -0.2) is 21.9 Å². The Morgan fingerprint density at radius 1 is 1.45 bits per heavy atom. The molecule has 1 amide bonds. The van der Waals surface area contributed by atoms with Crippen molar-refractivity contribution in [1.82, 2.24) is 5.32 Å². The molecule has 0 spiro atoms. The first kappa shape index (κ1) is 15.9. The molecule has 4 atom stereocenters. The third-order valence-corrected chi connectivity index (χ3v) is 6.48. The number of carbonyl (C=O) groups is 1. The van der Waals surface area contributed by atoms with E-state index in [1.807, 2.05) is 6.92 Å². The molecule has 4 heteroatoms. The number of aliphatic imine (C=N–C) groups is 1. The van der Waals surface area contributed by atoms with Crippen LogP contribution in [0.5, 0.6) is 0 Å². The molecular formula is C16H28N2OS. The molecule has 1 aliphatic carbocycles. The summed E-state index contributed by atoms with van der Waals surface area (Å²) in [6.45, 7) is 10.8. The number of hydrogen-bond donors (Lipinski definition) is 1. The van der Waals surface area contributed by atoms with Gasteiger partial charge in [0.15, 0.2) is 5.17 Å². The van der Waals surface area contributed by atoms with Gasteiger partial charge in [0.2, 0.25) is 5.91 Å². The lowest BCUT2D eigenvalue weighted by Crippen LogP contribution is -2.38. The van der Waals surface area contributed by atoms with Crippen LogP contribution in [0.4, 0.5) is 0 Å². The minimum atomic E-state index is -0.358. The highest BCUT2D eigenvalue weighted by Gasteiger charge is 2.45. The lowest BCUT2D eigenvalue weighted by Gasteiger charge is -2.22. The SMILES string of the molecule is CCCC1C[C@H](N=C2NC(=O)[C@](C)(C(C)C)S2)[C@@H](C)C1. The predicted octanol–water partition coefficient (Wildman–Crippen LogP) is 3.83. The Hall–Kier alpha value is -0.510. The Labute approximate surface area is 127 Å². The van der Waals surface area contributed by atoms with E-state index < -0.39 is 0 Å². The molecule has 20 heavy (non-hydrogen) atoms. The van der Waals surface area contributed by atoms with Gasteiger partial charge in [-0.2, -0.15) is 0 Å². The molecule has 0 aromatic rings. The van der Waals surface area contributed by atoms with Crippen molar-refractivity contribution in [2.75, 3.05) is 0 Å². The van der Waals surface area contributed by atoms with Gasteiger partial charge in [0.1, 0.15) is 4.75 Å². The van der Waals surface area contributed by atoms with Crippen molar-refractivity contribution in [1.29, 1.82) is 0 Å². The van der Waals surface area contributed by atoms with Gasteiger partial charge in [0, 0.05) is 0 Å². The summed E-state index contributed by atoms with van der Waals surface area (Å²) < 4.78 is -0.358. The molecule has 0 aromatic carbocycles. The van der Waals surface area contributed by atoms with E-state index in [0.717, 1.165) is 11.1 Å². The zero-order valence-corrected chi connectivity index (χ0v) is 14.2. The fourth-order valence-electron chi connectivity index (χ4n) is 3.26. The molecule has 0 aromatic heterocycles. The van der Waals surface area contributed by atoms with Crippen LogP contribution in [0.3, 0.4) is 0 Å². The summed E-state index contributed by atoms with van der Waals surface area (Å²) in [7, 11) is 0. The van der Waals surface area contributed by atoms with E-state index in [4.69, 9.17) is 4.99 Å². The lowest BCUT2D eigenvalue weighted by atomic mass is 9.96. The van der Waals surface area contributed by atoms with Crippen molar-refractivity contribution in [3.05, 3.63) is 0 Å². The van der Waals surface area contributed by atoms with Crippen LogP contribution in [-0.2, 0) is 4.79 Å². The highest BCUT2D eigenvalue weighted by Crippen LogP contribution is 2.40. The molecule has 1 unspecified atom stereocenters. The van der Waals surface area contributed by atoms with Crippen molar-refractivity contribution in [2.24, 2.45) is 22.7 Å². The van der Waals surface area contributed by atoms with Gasteiger partial charge in [0.25, 0.3) is 0 Å². The van der Waals surface area contributed by atoms with Crippen molar-refractivity contribution in [3.8, 4) is 0 Å². The summed E-state index contributed by atoms with van der Waals surface area (Å²) in [5.41, 5.74) is 0. The van der Waals surface area contributed by atoms with Gasteiger partial charge in [0.05, 0.1) is 6.04 Å². The molecule has 1 N–H and O–H groups in total. The molecule has 1 aliphatic heterocycles. The van der Waals surface area contributed by atoms with Crippen LogP contribution in [0.2, 0.25) is 0 Å². The first-order valence-electron chi connectivity index (χ1n) is 7.95. The first-order valence-corrected chi connectivity index (χ1v) is 8.76. The van der Waals surface area contributed by atoms with Gasteiger partial charge in [-0.3, -0.25) is 9.79 Å². The van der Waals surface area contributed by atoms with Gasteiger partial charge >= 0.3 is 0 Å². The third kappa shape index (κ3) is 3.05. The van der Waals surface area contributed by atoms with Crippen LogP contribution >= 0.6 is 11.8 Å². The highest BCUT2D eigenvalue weighted by atomic mass is 32.2. The first-order chi connectivity index (χ1) is 9.36. The second-order valence-electron chi connectivity index (χ2n) is 6.92. The number of nitrogens with zero attached hydrogens (tertiary/aromatic N) is 1. The quantitative estimate of drug-likeness (QED) is 0.856. The molecule has 2 fully saturated rings. The summed E-state index contributed by atoms with van der Waals surface area (Å²) in [6, 6.07) is 0.392. The maximum absolute atomic E-state index is 12.2. The molecule has 2 aliphatic rings. The number of carbonyl (C=O) groups excluding carboxylic acids is 1. The summed E-state index contributed by atoms with van der Waals surface area (Å²) in [6.07, 6.45) is 5.05. The standard InChI is InChI=1S/C16H28N2OS/c1-6-7-12-8-11(4)13(9-12)17-15-18-14(19)16(5,20-15)10(2)3/h10-13H,6-9H2,1-5H3,(H,17,18,19)/t11-,12?,13-,16-/m0/s1. The minimum absolute atomic E-state index is 0.118. The maximum atomic E-state index is 12.2. The Bertz CT molecular complexity index is 407. The monoisotopic (exact) mass is 296 g/mol. The molecular weight excluding hydrogens is 268 g/mol. The van der Waals surface area contributed by atoms with E-state index in [-0.39, 0.29) is 10.7 Å². The number of hydrogen-bond acceptors (Lipinski definition) is 3. The van der Waals surface area contributed by atoms with Crippen molar-refractivity contribution < 1.29 is 4.79 Å². The highest BCUT2D eigenvalue weighted by molar-refractivity contribution is 8.16. The van der Waals surface area contributed by atoms with Gasteiger partial charge in [-0.05, 0) is 37.5 Å².